The summed E-state index contributed by atoms with van der Waals surface area (Å²) in [5.74, 6) is 1.31. The number of alkyl halides is 1. The Bertz CT molecular complexity index is 676. The van der Waals surface area contributed by atoms with E-state index in [9.17, 15) is 4.79 Å². The summed E-state index contributed by atoms with van der Waals surface area (Å²) in [5.41, 5.74) is 8.73. The highest BCUT2D eigenvalue weighted by Gasteiger charge is 2.23. The van der Waals surface area contributed by atoms with Gasteiger partial charge in [0.05, 0.1) is 0 Å². The number of hydrogen-bond donors (Lipinski definition) is 2. The van der Waals surface area contributed by atoms with Gasteiger partial charge in [-0.05, 0) is 62.2 Å². The first kappa shape index (κ1) is 16.8. The number of nitrogens with one attached hydrogen (secondary N) is 1. The summed E-state index contributed by atoms with van der Waals surface area (Å²) in [6.07, 6.45) is 0. The summed E-state index contributed by atoms with van der Waals surface area (Å²) in [6.45, 7) is 5.73. The Balaban J connectivity index is 2.09. The van der Waals surface area contributed by atoms with Gasteiger partial charge >= 0.3 is 0 Å². The van der Waals surface area contributed by atoms with E-state index in [-0.39, 0.29) is 5.91 Å². The molecule has 0 heterocycles. The first-order valence-electron chi connectivity index (χ1n) is 6.91. The zero-order valence-electron chi connectivity index (χ0n) is 12.8. The third-order valence-corrected chi connectivity index (χ3v) is 3.83. The van der Waals surface area contributed by atoms with Gasteiger partial charge in [0, 0.05) is 5.69 Å². The number of benzene rings is 2. The van der Waals surface area contributed by atoms with Crippen molar-refractivity contribution < 1.29 is 9.53 Å². The summed E-state index contributed by atoms with van der Waals surface area (Å²) in [5, 5.41) is 2.77. The number of aryl methyl sites for hydroxylation is 1. The van der Waals surface area contributed by atoms with Gasteiger partial charge in [0.25, 0.3) is 5.91 Å². The van der Waals surface area contributed by atoms with Gasteiger partial charge in [-0.1, -0.05) is 34.7 Å². The molecule has 22 heavy (non-hydrogen) atoms. The molecule has 0 saturated carbocycles. The lowest BCUT2D eigenvalue weighted by molar-refractivity contribution is -0.117. The number of nitrogens with two attached hydrogens (primary N) is 1. The van der Waals surface area contributed by atoms with Crippen LogP contribution in [0, 0.1) is 13.8 Å². The monoisotopic (exact) mass is 410 g/mol. The topological polar surface area (TPSA) is 64.3 Å². The van der Waals surface area contributed by atoms with Crippen LogP contribution in [0.2, 0.25) is 0 Å². The second kappa shape index (κ2) is 6.66. The van der Waals surface area contributed by atoms with Crippen molar-refractivity contribution in [1.29, 1.82) is 0 Å². The normalized spacial score (nSPS) is 13.3. The van der Waals surface area contributed by atoms with E-state index in [4.69, 9.17) is 10.5 Å². The predicted octanol–water partition coefficient (Wildman–Crippen LogP) is 4.14. The van der Waals surface area contributed by atoms with Gasteiger partial charge in [-0.3, -0.25) is 4.79 Å². The van der Waals surface area contributed by atoms with Crippen LogP contribution in [0.4, 0.5) is 5.69 Å². The smallest absolute Gasteiger partial charge is 0.254 e. The largest absolute Gasteiger partial charge is 0.457 e. The minimum Gasteiger partial charge on any atom is -0.457 e. The number of rotatable bonds is 4. The Labute approximate surface area is 144 Å². The van der Waals surface area contributed by atoms with Crippen molar-refractivity contribution in [3.8, 4) is 11.5 Å². The molecule has 0 bridgehead atoms. The molecule has 2 rings (SSSR count). The first-order valence-corrected chi connectivity index (χ1v) is 7.98. The van der Waals surface area contributed by atoms with Gasteiger partial charge in [-0.2, -0.15) is 0 Å². The van der Waals surface area contributed by atoms with Gasteiger partial charge in [0.15, 0.2) is 0 Å². The van der Waals surface area contributed by atoms with Gasteiger partial charge in [-0.25, -0.2) is 0 Å². The molecule has 2 aromatic carbocycles. The fourth-order valence-electron chi connectivity index (χ4n) is 1.82. The zero-order chi connectivity index (χ0) is 16.3. The lowest BCUT2D eigenvalue weighted by Gasteiger charge is -2.16. The van der Waals surface area contributed by atoms with Crippen LogP contribution < -0.4 is 15.8 Å². The molecular formula is C17H19IN2O2. The fourth-order valence-corrected chi connectivity index (χ4v) is 1.96. The highest BCUT2D eigenvalue weighted by molar-refractivity contribution is 14.1. The summed E-state index contributed by atoms with van der Waals surface area (Å²) in [6, 6.07) is 13.2. The number of halogens is 1. The second-order valence-electron chi connectivity index (χ2n) is 5.35. The van der Waals surface area contributed by atoms with Gasteiger partial charge in [0.1, 0.15) is 15.0 Å². The van der Waals surface area contributed by atoms with Crippen molar-refractivity contribution in [3.63, 3.8) is 0 Å². The number of ether oxygens (including phenoxy) is 1. The Kier molecular flexibility index (Phi) is 5.08. The maximum atomic E-state index is 11.8. The van der Waals surface area contributed by atoms with Crippen LogP contribution in [0.5, 0.6) is 11.5 Å². The maximum Gasteiger partial charge on any atom is 0.254 e. The van der Waals surface area contributed by atoms with E-state index in [1.165, 1.54) is 5.56 Å². The standard InChI is InChI=1S/C17H19IN2O2/c1-11-5-4-6-15(12(11)2)22-14-9-7-13(8-10-14)20-16(21)17(3,18)19/h4-10H,19H2,1-3H3,(H,20,21). The molecule has 2 aromatic rings. The summed E-state index contributed by atoms with van der Waals surface area (Å²) >= 11 is 1.90. The number of hydrogen-bond acceptors (Lipinski definition) is 3. The maximum absolute atomic E-state index is 11.8. The quantitative estimate of drug-likeness (QED) is 0.452. The molecule has 0 aliphatic rings. The Morgan fingerprint density at radius 2 is 1.82 bits per heavy atom. The van der Waals surface area contributed by atoms with Crippen molar-refractivity contribution in [2.45, 2.75) is 24.3 Å². The van der Waals surface area contributed by atoms with Crippen LogP contribution in [0.25, 0.3) is 0 Å². The van der Waals surface area contributed by atoms with Crippen molar-refractivity contribution >= 4 is 34.2 Å². The van der Waals surface area contributed by atoms with Crippen LogP contribution in [-0.4, -0.2) is 9.45 Å². The molecule has 3 N–H and O–H groups in total. The van der Waals surface area contributed by atoms with E-state index >= 15 is 0 Å². The lowest BCUT2D eigenvalue weighted by atomic mass is 10.1. The molecule has 5 heteroatoms. The van der Waals surface area contributed by atoms with E-state index < -0.39 is 3.55 Å². The summed E-state index contributed by atoms with van der Waals surface area (Å²) in [7, 11) is 0. The fraction of sp³-hybridized carbons (Fsp3) is 0.235. The minimum atomic E-state index is -0.939. The van der Waals surface area contributed by atoms with Gasteiger partial charge in [-0.15, -0.1) is 0 Å². The van der Waals surface area contributed by atoms with Crippen LogP contribution >= 0.6 is 22.6 Å². The molecule has 0 fully saturated rings. The van der Waals surface area contributed by atoms with E-state index in [0.717, 1.165) is 17.1 Å². The first-order chi connectivity index (χ1) is 10.3. The number of carbonyl (C=O) groups excluding carboxylic acids is 1. The Hall–Kier alpha value is -1.60. The molecule has 0 radical (unpaired) electrons. The third kappa shape index (κ3) is 4.20. The average Bonchev–Trinajstić information content (AvgIpc) is 2.45. The zero-order valence-corrected chi connectivity index (χ0v) is 15.0. The molecule has 0 aliphatic heterocycles. The molecule has 4 nitrogen and oxygen atoms in total. The van der Waals surface area contributed by atoms with Gasteiger partial charge < -0.3 is 15.8 Å². The van der Waals surface area contributed by atoms with Crippen molar-refractivity contribution in [1.82, 2.24) is 0 Å². The number of amides is 1. The third-order valence-electron chi connectivity index (χ3n) is 3.34. The highest BCUT2D eigenvalue weighted by Crippen LogP contribution is 2.27. The van der Waals surface area contributed by atoms with Crippen LogP contribution in [0.15, 0.2) is 42.5 Å². The lowest BCUT2D eigenvalue weighted by Crippen LogP contribution is -2.42. The second-order valence-corrected chi connectivity index (χ2v) is 7.60. The van der Waals surface area contributed by atoms with Crippen LogP contribution in [0.3, 0.4) is 0 Å². The predicted molar refractivity (Wildman–Crippen MR) is 97.7 cm³/mol. The molecule has 116 valence electrons. The van der Waals surface area contributed by atoms with Crippen molar-refractivity contribution in [3.05, 3.63) is 53.6 Å². The van der Waals surface area contributed by atoms with Crippen LogP contribution in [0.1, 0.15) is 18.1 Å². The molecule has 0 spiro atoms. The molecule has 0 aliphatic carbocycles. The van der Waals surface area contributed by atoms with E-state index in [2.05, 4.69) is 18.3 Å². The van der Waals surface area contributed by atoms with E-state index in [1.807, 2.05) is 53.8 Å². The average molecular weight is 410 g/mol. The Morgan fingerprint density at radius 3 is 2.41 bits per heavy atom. The highest BCUT2D eigenvalue weighted by atomic mass is 127. The Morgan fingerprint density at radius 1 is 1.18 bits per heavy atom. The summed E-state index contributed by atoms with van der Waals surface area (Å²) < 4.78 is 4.94. The molecule has 0 aromatic heterocycles. The van der Waals surface area contributed by atoms with Crippen molar-refractivity contribution in [2.24, 2.45) is 5.73 Å². The minimum absolute atomic E-state index is 0.240. The van der Waals surface area contributed by atoms with Crippen LogP contribution in [-0.2, 0) is 4.79 Å². The SMILES string of the molecule is Cc1cccc(Oc2ccc(NC(=O)C(C)(N)I)cc2)c1C. The number of anilines is 1. The van der Waals surface area contributed by atoms with E-state index in [0.29, 0.717) is 5.69 Å². The molecule has 0 saturated heterocycles. The van der Waals surface area contributed by atoms with E-state index in [1.54, 1.807) is 19.1 Å². The van der Waals surface area contributed by atoms with Gasteiger partial charge in [0.2, 0.25) is 0 Å². The van der Waals surface area contributed by atoms with Crippen molar-refractivity contribution in [2.75, 3.05) is 5.32 Å². The summed E-state index contributed by atoms with van der Waals surface area (Å²) in [4.78, 5) is 11.8. The molecule has 1 amide bonds. The molecular weight excluding hydrogens is 391 g/mol. The molecule has 1 unspecified atom stereocenters. The number of carbonyl (C=O) groups is 1. The molecule has 1 atom stereocenters.